The average molecular weight is 225 g/mol. The number of nitrogens with two attached hydrogens (primary N) is 1. The Morgan fingerprint density at radius 2 is 2.07 bits per heavy atom. The Bertz CT molecular complexity index is 514. The number of rotatable bonds is 1. The zero-order valence-corrected chi connectivity index (χ0v) is 8.49. The molecule has 0 aliphatic heterocycles. The number of nitrogen functional groups attached to an aromatic ring is 1. The SMILES string of the molecule is Cl.Nc1nccc2cc(C(=O)O)ccc12. The fraction of sp³-hybridized carbons (Fsp3) is 0. The third-order valence-electron chi connectivity index (χ3n) is 2.04. The zero-order valence-electron chi connectivity index (χ0n) is 7.68. The molecule has 0 atom stereocenters. The Kier molecular flexibility index (Phi) is 3.11. The van der Waals surface area contributed by atoms with Gasteiger partial charge in [-0.1, -0.05) is 0 Å². The summed E-state index contributed by atoms with van der Waals surface area (Å²) in [4.78, 5) is 14.6. The Hall–Kier alpha value is -1.81. The van der Waals surface area contributed by atoms with Crippen molar-refractivity contribution in [3.05, 3.63) is 36.0 Å². The Balaban J connectivity index is 0.00000112. The molecular formula is C10H9ClN2O2. The number of hydrogen-bond donors (Lipinski definition) is 2. The number of anilines is 1. The predicted octanol–water partition coefficient (Wildman–Crippen LogP) is 1.94. The van der Waals surface area contributed by atoms with Crippen LogP contribution in [-0.4, -0.2) is 16.1 Å². The van der Waals surface area contributed by atoms with E-state index in [1.165, 1.54) is 6.07 Å². The molecule has 5 heteroatoms. The van der Waals surface area contributed by atoms with Gasteiger partial charge in [-0.05, 0) is 29.7 Å². The highest BCUT2D eigenvalue weighted by Crippen LogP contribution is 2.19. The third-order valence-corrected chi connectivity index (χ3v) is 2.04. The molecule has 0 amide bonds. The summed E-state index contributed by atoms with van der Waals surface area (Å²) in [7, 11) is 0. The van der Waals surface area contributed by atoms with Crippen molar-refractivity contribution in [2.45, 2.75) is 0 Å². The van der Waals surface area contributed by atoms with Gasteiger partial charge < -0.3 is 10.8 Å². The molecule has 0 unspecified atom stereocenters. The monoisotopic (exact) mass is 224 g/mol. The number of carboxylic acids is 1. The van der Waals surface area contributed by atoms with Gasteiger partial charge in [0.15, 0.2) is 0 Å². The molecule has 15 heavy (non-hydrogen) atoms. The van der Waals surface area contributed by atoms with Crippen molar-refractivity contribution in [2.24, 2.45) is 0 Å². The lowest BCUT2D eigenvalue weighted by molar-refractivity contribution is 0.0697. The topological polar surface area (TPSA) is 76.2 Å². The third kappa shape index (κ3) is 1.99. The number of pyridine rings is 1. The number of hydrogen-bond acceptors (Lipinski definition) is 3. The highest BCUT2D eigenvalue weighted by atomic mass is 35.5. The number of halogens is 1. The second kappa shape index (κ2) is 4.14. The molecule has 1 aromatic heterocycles. The molecule has 78 valence electrons. The van der Waals surface area contributed by atoms with Gasteiger partial charge in [0, 0.05) is 11.6 Å². The maximum Gasteiger partial charge on any atom is 0.335 e. The lowest BCUT2D eigenvalue weighted by Gasteiger charge is -2.01. The summed E-state index contributed by atoms with van der Waals surface area (Å²) in [6.07, 6.45) is 1.56. The van der Waals surface area contributed by atoms with Crippen LogP contribution in [-0.2, 0) is 0 Å². The summed E-state index contributed by atoms with van der Waals surface area (Å²) in [6.45, 7) is 0. The van der Waals surface area contributed by atoms with Gasteiger partial charge in [0.25, 0.3) is 0 Å². The molecular weight excluding hydrogens is 216 g/mol. The van der Waals surface area contributed by atoms with E-state index in [0.29, 0.717) is 5.82 Å². The predicted molar refractivity (Wildman–Crippen MR) is 60.4 cm³/mol. The van der Waals surface area contributed by atoms with Crippen LogP contribution in [0.3, 0.4) is 0 Å². The number of nitrogens with zero attached hydrogens (tertiary/aromatic N) is 1. The van der Waals surface area contributed by atoms with E-state index < -0.39 is 5.97 Å². The standard InChI is InChI=1S/C10H8N2O2.ClH/c11-9-8-2-1-7(10(13)14)5-6(8)3-4-12-9;/h1-5H,(H2,11,12)(H,13,14);1H. The zero-order chi connectivity index (χ0) is 10.1. The minimum Gasteiger partial charge on any atom is -0.478 e. The van der Waals surface area contributed by atoms with E-state index in [1.54, 1.807) is 24.4 Å². The van der Waals surface area contributed by atoms with Crippen molar-refractivity contribution >= 4 is 35.0 Å². The molecule has 0 aliphatic rings. The fourth-order valence-corrected chi connectivity index (χ4v) is 1.33. The smallest absolute Gasteiger partial charge is 0.335 e. The summed E-state index contributed by atoms with van der Waals surface area (Å²) in [5, 5.41) is 10.3. The number of aromatic nitrogens is 1. The number of fused-ring (bicyclic) bond motifs is 1. The molecule has 2 aromatic rings. The van der Waals surface area contributed by atoms with Crippen molar-refractivity contribution in [3.63, 3.8) is 0 Å². The van der Waals surface area contributed by atoms with Crippen molar-refractivity contribution in [1.82, 2.24) is 4.98 Å². The Labute approximate surface area is 92.1 Å². The molecule has 2 rings (SSSR count). The second-order valence-corrected chi connectivity index (χ2v) is 2.94. The van der Waals surface area contributed by atoms with Crippen LogP contribution < -0.4 is 5.73 Å². The van der Waals surface area contributed by atoms with Crippen LogP contribution in [0.1, 0.15) is 10.4 Å². The molecule has 0 radical (unpaired) electrons. The van der Waals surface area contributed by atoms with Gasteiger partial charge in [-0.3, -0.25) is 0 Å². The number of carboxylic acid groups (broad SMARTS) is 1. The molecule has 0 saturated carbocycles. The second-order valence-electron chi connectivity index (χ2n) is 2.94. The first-order valence-corrected chi connectivity index (χ1v) is 4.06. The molecule has 0 saturated heterocycles. The van der Waals surface area contributed by atoms with Gasteiger partial charge in [0.1, 0.15) is 5.82 Å². The van der Waals surface area contributed by atoms with E-state index in [2.05, 4.69) is 4.98 Å². The van der Waals surface area contributed by atoms with Crippen LogP contribution in [0.15, 0.2) is 30.5 Å². The van der Waals surface area contributed by atoms with E-state index in [1.807, 2.05) is 0 Å². The van der Waals surface area contributed by atoms with Crippen LogP contribution in [0.5, 0.6) is 0 Å². The van der Waals surface area contributed by atoms with Crippen LogP contribution in [0.2, 0.25) is 0 Å². The summed E-state index contributed by atoms with van der Waals surface area (Å²) in [5.74, 6) is -0.526. The van der Waals surface area contributed by atoms with Crippen molar-refractivity contribution < 1.29 is 9.90 Å². The number of carbonyl (C=O) groups is 1. The lowest BCUT2D eigenvalue weighted by Crippen LogP contribution is -1.97. The Morgan fingerprint density at radius 1 is 1.33 bits per heavy atom. The average Bonchev–Trinajstić information content (AvgIpc) is 2.17. The summed E-state index contributed by atoms with van der Waals surface area (Å²) < 4.78 is 0. The van der Waals surface area contributed by atoms with Crippen molar-refractivity contribution in [1.29, 1.82) is 0 Å². The van der Waals surface area contributed by atoms with Crippen LogP contribution in [0.4, 0.5) is 5.82 Å². The first-order chi connectivity index (χ1) is 6.68. The first-order valence-electron chi connectivity index (χ1n) is 4.06. The molecule has 0 spiro atoms. The van der Waals surface area contributed by atoms with Crippen molar-refractivity contribution in [2.75, 3.05) is 5.73 Å². The van der Waals surface area contributed by atoms with Gasteiger partial charge in [-0.25, -0.2) is 9.78 Å². The van der Waals surface area contributed by atoms with E-state index >= 15 is 0 Å². The lowest BCUT2D eigenvalue weighted by atomic mass is 10.1. The summed E-state index contributed by atoms with van der Waals surface area (Å²) in [5.41, 5.74) is 5.88. The molecule has 0 fully saturated rings. The molecule has 0 aliphatic carbocycles. The maximum atomic E-state index is 10.7. The molecule has 1 heterocycles. The van der Waals surface area contributed by atoms with E-state index in [4.69, 9.17) is 10.8 Å². The largest absolute Gasteiger partial charge is 0.478 e. The number of aromatic carboxylic acids is 1. The van der Waals surface area contributed by atoms with Gasteiger partial charge in [0.2, 0.25) is 0 Å². The highest BCUT2D eigenvalue weighted by molar-refractivity contribution is 5.97. The van der Waals surface area contributed by atoms with E-state index in [0.717, 1.165) is 10.8 Å². The summed E-state index contributed by atoms with van der Waals surface area (Å²) >= 11 is 0. The molecule has 0 bridgehead atoms. The molecule has 1 aromatic carbocycles. The minimum absolute atomic E-state index is 0. The molecule has 4 nitrogen and oxygen atoms in total. The Morgan fingerprint density at radius 3 is 2.73 bits per heavy atom. The van der Waals surface area contributed by atoms with Gasteiger partial charge >= 0.3 is 5.97 Å². The fourth-order valence-electron chi connectivity index (χ4n) is 1.33. The first kappa shape index (κ1) is 11.3. The quantitative estimate of drug-likeness (QED) is 0.776. The highest BCUT2D eigenvalue weighted by Gasteiger charge is 2.04. The van der Waals surface area contributed by atoms with Gasteiger partial charge in [0.05, 0.1) is 5.56 Å². The van der Waals surface area contributed by atoms with Crippen LogP contribution in [0, 0.1) is 0 Å². The maximum absolute atomic E-state index is 10.7. The van der Waals surface area contributed by atoms with Crippen molar-refractivity contribution in [3.8, 4) is 0 Å². The van der Waals surface area contributed by atoms with Crippen LogP contribution in [0.25, 0.3) is 10.8 Å². The molecule has 3 N–H and O–H groups in total. The van der Waals surface area contributed by atoms with Gasteiger partial charge in [-0.15, -0.1) is 12.4 Å². The number of benzene rings is 1. The minimum atomic E-state index is -0.942. The normalized spacial score (nSPS) is 9.60. The van der Waals surface area contributed by atoms with E-state index in [9.17, 15) is 4.79 Å². The summed E-state index contributed by atoms with van der Waals surface area (Å²) in [6, 6.07) is 6.50. The van der Waals surface area contributed by atoms with E-state index in [-0.39, 0.29) is 18.0 Å². The van der Waals surface area contributed by atoms with Crippen LogP contribution >= 0.6 is 12.4 Å². The van der Waals surface area contributed by atoms with Gasteiger partial charge in [-0.2, -0.15) is 0 Å².